The number of amides is 1. The van der Waals surface area contributed by atoms with Crippen LogP contribution in [0.15, 0.2) is 48.2 Å². The number of anilines is 2. The van der Waals surface area contributed by atoms with Crippen molar-refractivity contribution in [2.24, 2.45) is 5.92 Å². The molecule has 3 aromatic heterocycles. The van der Waals surface area contributed by atoms with Gasteiger partial charge in [0.05, 0.1) is 10.7 Å². The van der Waals surface area contributed by atoms with Gasteiger partial charge < -0.3 is 10.2 Å². The van der Waals surface area contributed by atoms with E-state index < -0.39 is 0 Å². The molecule has 0 bridgehead atoms. The minimum atomic E-state index is 0.0468. The number of aromatic nitrogens is 4. The van der Waals surface area contributed by atoms with Crippen molar-refractivity contribution >= 4 is 35.0 Å². The van der Waals surface area contributed by atoms with Gasteiger partial charge in [-0.25, -0.2) is 19.9 Å². The van der Waals surface area contributed by atoms with Crippen LogP contribution < -0.4 is 5.32 Å². The molecule has 4 heterocycles. The maximum atomic E-state index is 12.6. The van der Waals surface area contributed by atoms with Crippen LogP contribution in [0.1, 0.15) is 29.2 Å². The number of aryl methyl sites for hydroxylation is 1. The lowest BCUT2D eigenvalue weighted by atomic mass is 9.93. The first kappa shape index (κ1) is 20.2. The van der Waals surface area contributed by atoms with Crippen LogP contribution in [0.25, 0.3) is 6.08 Å². The summed E-state index contributed by atoms with van der Waals surface area (Å²) in [7, 11) is 0. The maximum Gasteiger partial charge on any atom is 0.246 e. The number of thiazole rings is 1. The van der Waals surface area contributed by atoms with Gasteiger partial charge in [0.2, 0.25) is 5.91 Å². The highest BCUT2D eigenvalue weighted by molar-refractivity contribution is 7.09. The largest absolute Gasteiger partial charge is 0.339 e. The molecule has 1 unspecified atom stereocenters. The van der Waals surface area contributed by atoms with Crippen molar-refractivity contribution in [2.45, 2.75) is 26.2 Å². The Morgan fingerprint density at radius 3 is 3.03 bits per heavy atom. The fourth-order valence-electron chi connectivity index (χ4n) is 3.59. The third-order valence-electron chi connectivity index (χ3n) is 5.01. The third-order valence-corrected chi connectivity index (χ3v) is 5.80. The Hall–Kier alpha value is -3.13. The predicted octanol–water partition coefficient (Wildman–Crippen LogP) is 3.87. The zero-order valence-corrected chi connectivity index (χ0v) is 17.7. The molecule has 4 rings (SSSR count). The summed E-state index contributed by atoms with van der Waals surface area (Å²) < 4.78 is 0. The van der Waals surface area contributed by atoms with Gasteiger partial charge in [0.1, 0.15) is 18.0 Å². The molecular weight excluding hydrogens is 396 g/mol. The van der Waals surface area contributed by atoms with Gasteiger partial charge >= 0.3 is 0 Å². The molecule has 0 aromatic carbocycles. The third kappa shape index (κ3) is 5.48. The molecule has 1 fully saturated rings. The van der Waals surface area contributed by atoms with Crippen LogP contribution in [0.3, 0.4) is 0 Å². The Morgan fingerprint density at radius 1 is 1.30 bits per heavy atom. The second-order valence-corrected chi connectivity index (χ2v) is 8.42. The van der Waals surface area contributed by atoms with Crippen molar-refractivity contribution in [3.05, 3.63) is 64.6 Å². The van der Waals surface area contributed by atoms with E-state index in [0.717, 1.165) is 60.4 Å². The Kier molecular flexibility index (Phi) is 6.44. The van der Waals surface area contributed by atoms with Gasteiger partial charge in [-0.2, -0.15) is 0 Å². The van der Waals surface area contributed by atoms with Crippen molar-refractivity contribution in [2.75, 3.05) is 18.4 Å². The molecular formula is C22H24N6OS. The molecule has 1 atom stereocenters. The minimum Gasteiger partial charge on any atom is -0.339 e. The summed E-state index contributed by atoms with van der Waals surface area (Å²) in [5.74, 6) is 1.91. The number of likely N-dealkylation sites (tertiary alicyclic amines) is 1. The molecule has 0 radical (unpaired) electrons. The van der Waals surface area contributed by atoms with Crippen LogP contribution in [0.4, 0.5) is 11.6 Å². The number of rotatable bonds is 6. The Labute approximate surface area is 179 Å². The second-order valence-electron chi connectivity index (χ2n) is 7.36. The minimum absolute atomic E-state index is 0.0468. The lowest BCUT2D eigenvalue weighted by Crippen LogP contribution is -2.39. The smallest absolute Gasteiger partial charge is 0.246 e. The van der Waals surface area contributed by atoms with Crippen molar-refractivity contribution in [1.29, 1.82) is 0 Å². The van der Waals surface area contributed by atoms with E-state index in [2.05, 4.69) is 25.3 Å². The van der Waals surface area contributed by atoms with Crippen molar-refractivity contribution in [3.8, 4) is 0 Å². The van der Waals surface area contributed by atoms with Gasteiger partial charge in [-0.3, -0.25) is 4.79 Å². The lowest BCUT2D eigenvalue weighted by Gasteiger charge is -2.32. The van der Waals surface area contributed by atoms with E-state index in [4.69, 9.17) is 0 Å². The van der Waals surface area contributed by atoms with Gasteiger partial charge in [-0.1, -0.05) is 6.07 Å². The topological polar surface area (TPSA) is 83.9 Å². The van der Waals surface area contributed by atoms with Crippen molar-refractivity contribution in [1.82, 2.24) is 24.8 Å². The fraction of sp³-hybridized carbons (Fsp3) is 0.318. The van der Waals surface area contributed by atoms with E-state index in [1.807, 2.05) is 41.5 Å². The molecule has 30 heavy (non-hydrogen) atoms. The average molecular weight is 421 g/mol. The first-order chi connectivity index (χ1) is 14.7. The summed E-state index contributed by atoms with van der Waals surface area (Å²) in [6, 6.07) is 7.65. The monoisotopic (exact) mass is 420 g/mol. The predicted molar refractivity (Wildman–Crippen MR) is 118 cm³/mol. The molecule has 1 amide bonds. The van der Waals surface area contributed by atoms with Crippen molar-refractivity contribution in [3.63, 3.8) is 0 Å². The van der Waals surface area contributed by atoms with E-state index >= 15 is 0 Å². The van der Waals surface area contributed by atoms with Gasteiger partial charge in [0.15, 0.2) is 0 Å². The Balaban J connectivity index is 1.35. The van der Waals surface area contributed by atoms with E-state index in [9.17, 15) is 4.79 Å². The van der Waals surface area contributed by atoms with Gasteiger partial charge in [0, 0.05) is 42.5 Å². The molecule has 7 nitrogen and oxygen atoms in total. The standard InChI is InChI=1S/C22H24N6OS/c1-16-26-18(14-30-16)7-8-22(29)28-10-4-5-17(13-28)11-19-12-21(25-15-24-19)27-20-6-2-3-9-23-20/h2-3,6-9,12,14-15,17H,4-5,10-11,13H2,1H3,(H,23,24,25,27). The summed E-state index contributed by atoms with van der Waals surface area (Å²) in [5, 5.41) is 6.17. The SMILES string of the molecule is Cc1nc(C=CC(=O)N2CCCC(Cc3cc(Nc4ccccn4)ncn3)C2)cs1. The Bertz CT molecular complexity index is 1020. The molecule has 0 spiro atoms. The molecule has 1 aliphatic rings. The van der Waals surface area contributed by atoms with Crippen LogP contribution in [0.2, 0.25) is 0 Å². The van der Waals surface area contributed by atoms with Crippen molar-refractivity contribution < 1.29 is 4.79 Å². The Morgan fingerprint density at radius 2 is 2.23 bits per heavy atom. The first-order valence-electron chi connectivity index (χ1n) is 10.0. The number of carbonyl (C=O) groups excluding carboxylic acids is 1. The number of carbonyl (C=O) groups is 1. The zero-order valence-electron chi connectivity index (χ0n) is 16.9. The molecule has 1 saturated heterocycles. The van der Waals surface area contributed by atoms with Gasteiger partial charge in [0.25, 0.3) is 0 Å². The van der Waals surface area contributed by atoms with E-state index in [1.54, 1.807) is 36.0 Å². The van der Waals surface area contributed by atoms with E-state index in [1.165, 1.54) is 0 Å². The number of hydrogen-bond donors (Lipinski definition) is 1. The summed E-state index contributed by atoms with van der Waals surface area (Å²) in [6.45, 7) is 3.50. The van der Waals surface area contributed by atoms with Crippen LogP contribution in [-0.4, -0.2) is 43.8 Å². The highest BCUT2D eigenvalue weighted by atomic mass is 32.1. The van der Waals surface area contributed by atoms with E-state index in [0.29, 0.717) is 5.92 Å². The molecule has 154 valence electrons. The quantitative estimate of drug-likeness (QED) is 0.610. The number of hydrogen-bond acceptors (Lipinski definition) is 7. The molecule has 0 aliphatic carbocycles. The first-order valence-corrected chi connectivity index (χ1v) is 10.9. The second kappa shape index (κ2) is 9.58. The summed E-state index contributed by atoms with van der Waals surface area (Å²) in [5.41, 5.74) is 1.81. The number of nitrogens with one attached hydrogen (secondary N) is 1. The number of nitrogens with zero attached hydrogens (tertiary/aromatic N) is 5. The zero-order chi connectivity index (χ0) is 20.8. The van der Waals surface area contributed by atoms with Crippen LogP contribution >= 0.6 is 11.3 Å². The van der Waals surface area contributed by atoms with Gasteiger partial charge in [-0.05, 0) is 50.3 Å². The highest BCUT2D eigenvalue weighted by Gasteiger charge is 2.23. The van der Waals surface area contributed by atoms with Gasteiger partial charge in [-0.15, -0.1) is 11.3 Å². The molecule has 8 heteroatoms. The summed E-state index contributed by atoms with van der Waals surface area (Å²) in [4.78, 5) is 31.9. The van der Waals surface area contributed by atoms with Crippen LogP contribution in [-0.2, 0) is 11.2 Å². The number of piperidine rings is 1. The normalized spacial score (nSPS) is 16.7. The van der Waals surface area contributed by atoms with E-state index in [-0.39, 0.29) is 5.91 Å². The summed E-state index contributed by atoms with van der Waals surface area (Å²) in [6.07, 6.45) is 9.66. The average Bonchev–Trinajstić information content (AvgIpc) is 3.18. The lowest BCUT2D eigenvalue weighted by molar-refractivity contribution is -0.127. The molecule has 1 aliphatic heterocycles. The highest BCUT2D eigenvalue weighted by Crippen LogP contribution is 2.22. The van der Waals surface area contributed by atoms with Crippen LogP contribution in [0, 0.1) is 12.8 Å². The maximum absolute atomic E-state index is 12.6. The van der Waals surface area contributed by atoms with Crippen LogP contribution in [0.5, 0.6) is 0 Å². The molecule has 3 aromatic rings. The fourth-order valence-corrected chi connectivity index (χ4v) is 4.17. The summed E-state index contributed by atoms with van der Waals surface area (Å²) >= 11 is 1.59. The molecule has 1 N–H and O–H groups in total. The molecule has 0 saturated carbocycles. The number of pyridine rings is 1.